The number of amides is 1. The zero-order valence-electron chi connectivity index (χ0n) is 13.9. The molecule has 0 fully saturated rings. The van der Waals surface area contributed by atoms with Gasteiger partial charge in [-0.1, -0.05) is 12.8 Å². The molecule has 0 aromatic carbocycles. The highest BCUT2D eigenvalue weighted by atomic mass is 16.1. The topological polar surface area (TPSA) is 138 Å². The molecule has 0 saturated carbocycles. The normalized spacial score (nSPS) is 12.1. The maximum absolute atomic E-state index is 11.7. The molecule has 2 aromatic heterocycles. The second-order valence-corrected chi connectivity index (χ2v) is 5.82. The highest BCUT2D eigenvalue weighted by molar-refractivity contribution is 5.98. The standard InChI is InChI=1S/C16H25N7O/c1-11(5-3-2-4-8-17)23-10-13(15(19)24)16(22-23)21-12-6-7-14(18)20-9-12/h6-7,9-11H,2-5,8,17H2,1H3,(H2,18,20)(H2,19,24)(H,21,22). The maximum atomic E-state index is 11.7. The van der Waals surface area contributed by atoms with Crippen molar-refractivity contribution in [3.63, 3.8) is 0 Å². The average Bonchev–Trinajstić information content (AvgIpc) is 2.98. The first-order valence-electron chi connectivity index (χ1n) is 8.09. The lowest BCUT2D eigenvalue weighted by molar-refractivity contribution is 0.100. The molecule has 0 bridgehead atoms. The molecule has 1 atom stereocenters. The molecular weight excluding hydrogens is 306 g/mol. The van der Waals surface area contributed by atoms with E-state index in [1.54, 1.807) is 29.2 Å². The quantitative estimate of drug-likeness (QED) is 0.517. The largest absolute Gasteiger partial charge is 0.384 e. The van der Waals surface area contributed by atoms with Crippen LogP contribution in [0.1, 0.15) is 49.0 Å². The van der Waals surface area contributed by atoms with Gasteiger partial charge >= 0.3 is 0 Å². The molecule has 8 heteroatoms. The lowest BCUT2D eigenvalue weighted by Crippen LogP contribution is -2.12. The number of nitrogens with two attached hydrogens (primary N) is 3. The number of hydrogen-bond acceptors (Lipinski definition) is 6. The monoisotopic (exact) mass is 331 g/mol. The van der Waals surface area contributed by atoms with Crippen molar-refractivity contribution in [3.05, 3.63) is 30.1 Å². The van der Waals surface area contributed by atoms with Gasteiger partial charge in [-0.15, -0.1) is 0 Å². The van der Waals surface area contributed by atoms with E-state index in [4.69, 9.17) is 17.2 Å². The molecule has 0 aliphatic heterocycles. The first kappa shape index (κ1) is 17.7. The molecule has 0 aliphatic carbocycles. The number of nitrogens with zero attached hydrogens (tertiary/aromatic N) is 3. The smallest absolute Gasteiger partial charge is 0.254 e. The molecule has 2 heterocycles. The summed E-state index contributed by atoms with van der Waals surface area (Å²) in [6.07, 6.45) is 7.40. The minimum absolute atomic E-state index is 0.168. The van der Waals surface area contributed by atoms with E-state index in [2.05, 4.69) is 22.3 Å². The first-order valence-corrected chi connectivity index (χ1v) is 8.09. The molecule has 2 aromatic rings. The summed E-state index contributed by atoms with van der Waals surface area (Å²) >= 11 is 0. The van der Waals surface area contributed by atoms with Gasteiger partial charge in [-0.3, -0.25) is 9.48 Å². The Kier molecular flexibility index (Phi) is 6.14. The van der Waals surface area contributed by atoms with Gasteiger partial charge in [0.2, 0.25) is 0 Å². The minimum atomic E-state index is -0.525. The van der Waals surface area contributed by atoms with Gasteiger partial charge in [-0.25, -0.2) is 4.98 Å². The third kappa shape index (κ3) is 4.69. The van der Waals surface area contributed by atoms with E-state index in [0.29, 0.717) is 29.4 Å². The molecule has 130 valence electrons. The summed E-state index contributed by atoms with van der Waals surface area (Å²) in [5.41, 5.74) is 17.6. The van der Waals surface area contributed by atoms with E-state index < -0.39 is 5.91 Å². The number of anilines is 3. The van der Waals surface area contributed by atoms with Gasteiger partial charge in [-0.05, 0) is 38.4 Å². The summed E-state index contributed by atoms with van der Waals surface area (Å²) in [6.45, 7) is 2.78. The van der Waals surface area contributed by atoms with Crippen LogP contribution in [0.4, 0.5) is 17.3 Å². The molecule has 24 heavy (non-hydrogen) atoms. The molecule has 2 rings (SSSR count). The molecule has 1 unspecified atom stereocenters. The number of carbonyl (C=O) groups is 1. The summed E-state index contributed by atoms with van der Waals surface area (Å²) in [4.78, 5) is 15.7. The fraction of sp³-hybridized carbons (Fsp3) is 0.438. The van der Waals surface area contributed by atoms with Gasteiger partial charge in [0.05, 0.1) is 11.9 Å². The van der Waals surface area contributed by atoms with E-state index in [9.17, 15) is 4.79 Å². The van der Waals surface area contributed by atoms with Crippen LogP contribution >= 0.6 is 0 Å². The lowest BCUT2D eigenvalue weighted by Gasteiger charge is -2.11. The van der Waals surface area contributed by atoms with Crippen LogP contribution in [0.25, 0.3) is 0 Å². The van der Waals surface area contributed by atoms with Crippen molar-refractivity contribution >= 4 is 23.2 Å². The Morgan fingerprint density at radius 2 is 2.12 bits per heavy atom. The van der Waals surface area contributed by atoms with Crippen molar-refractivity contribution in [1.82, 2.24) is 14.8 Å². The molecule has 1 amide bonds. The van der Waals surface area contributed by atoms with E-state index in [1.165, 1.54) is 0 Å². The van der Waals surface area contributed by atoms with Crippen molar-refractivity contribution in [2.75, 3.05) is 17.6 Å². The van der Waals surface area contributed by atoms with Crippen LogP contribution in [-0.4, -0.2) is 27.2 Å². The summed E-state index contributed by atoms with van der Waals surface area (Å²) in [7, 11) is 0. The maximum Gasteiger partial charge on any atom is 0.254 e. The molecule has 0 saturated heterocycles. The Hall–Kier alpha value is -2.61. The summed E-state index contributed by atoms with van der Waals surface area (Å²) in [6, 6.07) is 3.60. The third-order valence-corrected chi connectivity index (χ3v) is 3.82. The van der Waals surface area contributed by atoms with Crippen LogP contribution in [0.5, 0.6) is 0 Å². The van der Waals surface area contributed by atoms with Crippen molar-refractivity contribution in [3.8, 4) is 0 Å². The number of primary amides is 1. The van der Waals surface area contributed by atoms with Crippen molar-refractivity contribution in [1.29, 1.82) is 0 Å². The van der Waals surface area contributed by atoms with Crippen LogP contribution in [0.15, 0.2) is 24.5 Å². The fourth-order valence-corrected chi connectivity index (χ4v) is 2.40. The Balaban J connectivity index is 2.11. The zero-order valence-corrected chi connectivity index (χ0v) is 13.9. The Bertz CT molecular complexity index is 666. The fourth-order valence-electron chi connectivity index (χ4n) is 2.40. The van der Waals surface area contributed by atoms with Crippen LogP contribution in [0.3, 0.4) is 0 Å². The number of hydrogen-bond donors (Lipinski definition) is 4. The predicted octanol–water partition coefficient (Wildman–Crippen LogP) is 1.78. The molecule has 0 aliphatic rings. The van der Waals surface area contributed by atoms with Crippen molar-refractivity contribution in [2.45, 2.75) is 38.6 Å². The predicted molar refractivity (Wildman–Crippen MR) is 94.9 cm³/mol. The molecule has 0 spiro atoms. The number of carbonyl (C=O) groups excluding carboxylic acids is 1. The second kappa shape index (κ2) is 8.30. The summed E-state index contributed by atoms with van der Waals surface area (Å²) in [5, 5.41) is 7.53. The first-order chi connectivity index (χ1) is 11.5. The molecule has 8 nitrogen and oxygen atoms in total. The number of pyridine rings is 1. The Morgan fingerprint density at radius 3 is 2.75 bits per heavy atom. The van der Waals surface area contributed by atoms with E-state index in [1.807, 2.05) is 0 Å². The SMILES string of the molecule is CC(CCCCCN)n1cc(C(N)=O)c(Nc2ccc(N)nc2)n1. The minimum Gasteiger partial charge on any atom is -0.384 e. The average molecular weight is 331 g/mol. The summed E-state index contributed by atoms with van der Waals surface area (Å²) in [5.74, 6) is 0.317. The van der Waals surface area contributed by atoms with Crippen LogP contribution in [0, 0.1) is 0 Å². The Morgan fingerprint density at radius 1 is 1.33 bits per heavy atom. The third-order valence-electron chi connectivity index (χ3n) is 3.82. The van der Waals surface area contributed by atoms with Crippen molar-refractivity contribution in [2.24, 2.45) is 11.5 Å². The summed E-state index contributed by atoms with van der Waals surface area (Å²) < 4.78 is 1.77. The van der Waals surface area contributed by atoms with Gasteiger partial charge < -0.3 is 22.5 Å². The van der Waals surface area contributed by atoms with Crippen LogP contribution < -0.4 is 22.5 Å². The van der Waals surface area contributed by atoms with Gasteiger partial charge in [0.25, 0.3) is 5.91 Å². The number of rotatable bonds is 9. The molecule has 0 radical (unpaired) electrons. The molecular formula is C16H25N7O. The van der Waals surface area contributed by atoms with Crippen molar-refractivity contribution < 1.29 is 4.79 Å². The van der Waals surface area contributed by atoms with E-state index in [0.717, 1.165) is 25.7 Å². The zero-order chi connectivity index (χ0) is 17.5. The van der Waals surface area contributed by atoms with Crippen LogP contribution in [0.2, 0.25) is 0 Å². The van der Waals surface area contributed by atoms with Gasteiger partial charge in [-0.2, -0.15) is 5.10 Å². The lowest BCUT2D eigenvalue weighted by atomic mass is 10.1. The highest BCUT2D eigenvalue weighted by Crippen LogP contribution is 2.23. The van der Waals surface area contributed by atoms with Gasteiger partial charge in [0.15, 0.2) is 5.82 Å². The van der Waals surface area contributed by atoms with Gasteiger partial charge in [0, 0.05) is 12.2 Å². The number of unbranched alkanes of at least 4 members (excludes halogenated alkanes) is 2. The van der Waals surface area contributed by atoms with Crippen LogP contribution in [-0.2, 0) is 0 Å². The second-order valence-electron chi connectivity index (χ2n) is 5.82. The number of nitrogens with one attached hydrogen (secondary N) is 1. The number of nitrogen functional groups attached to an aromatic ring is 1. The highest BCUT2D eigenvalue weighted by Gasteiger charge is 2.17. The van der Waals surface area contributed by atoms with E-state index >= 15 is 0 Å². The van der Waals surface area contributed by atoms with Gasteiger partial charge in [0.1, 0.15) is 11.4 Å². The Labute approximate surface area is 141 Å². The molecule has 7 N–H and O–H groups in total. The van der Waals surface area contributed by atoms with E-state index in [-0.39, 0.29) is 6.04 Å². The number of aromatic nitrogens is 3.